The Morgan fingerprint density at radius 3 is 2.79 bits per heavy atom. The van der Waals surface area contributed by atoms with Gasteiger partial charge in [0, 0.05) is 23.2 Å². The molecule has 4 rings (SSSR count). The first-order valence-electron chi connectivity index (χ1n) is 6.82. The topological polar surface area (TPSA) is 50.2 Å². The lowest BCUT2D eigenvalue weighted by molar-refractivity contribution is 0.0266. The number of carbonyl (C=O) groups is 1. The van der Waals surface area contributed by atoms with Crippen molar-refractivity contribution in [2.75, 3.05) is 19.3 Å². The molecule has 0 saturated carbocycles. The molecular formula is C13H20N4OS. The van der Waals surface area contributed by atoms with Gasteiger partial charge < -0.3 is 5.32 Å². The Kier molecular flexibility index (Phi) is 3.54. The number of nitrogens with one attached hydrogen (secondary N) is 1. The molecule has 1 amide bonds. The lowest BCUT2D eigenvalue weighted by Crippen LogP contribution is -2.62. The average molecular weight is 280 g/mol. The van der Waals surface area contributed by atoms with Crippen LogP contribution in [-0.2, 0) is 0 Å². The second kappa shape index (κ2) is 5.17. The SMILES string of the molecule is CSc1cnn(C(=O)N[C@@H]2C3CCN(CC3)[C@@H]2C)c1. The van der Waals surface area contributed by atoms with Crippen molar-refractivity contribution >= 4 is 17.8 Å². The Balaban J connectivity index is 1.69. The monoisotopic (exact) mass is 280 g/mol. The van der Waals surface area contributed by atoms with E-state index in [4.69, 9.17) is 0 Å². The highest BCUT2D eigenvalue weighted by molar-refractivity contribution is 7.98. The number of nitrogens with zero attached hydrogens (tertiary/aromatic N) is 3. The minimum absolute atomic E-state index is 0.106. The van der Waals surface area contributed by atoms with Gasteiger partial charge in [-0.25, -0.2) is 4.79 Å². The van der Waals surface area contributed by atoms with Gasteiger partial charge in [0.1, 0.15) is 0 Å². The van der Waals surface area contributed by atoms with Gasteiger partial charge in [-0.3, -0.25) is 4.90 Å². The average Bonchev–Trinajstić information content (AvgIpc) is 2.92. The summed E-state index contributed by atoms with van der Waals surface area (Å²) in [5.41, 5.74) is 0. The maximum atomic E-state index is 12.2. The molecule has 19 heavy (non-hydrogen) atoms. The second-order valence-corrected chi connectivity index (χ2v) is 6.29. The summed E-state index contributed by atoms with van der Waals surface area (Å²) in [7, 11) is 0. The summed E-state index contributed by atoms with van der Waals surface area (Å²) in [5.74, 6) is 0.625. The first kappa shape index (κ1) is 13.0. The number of thioether (sulfide) groups is 1. The molecule has 1 aromatic heterocycles. The van der Waals surface area contributed by atoms with E-state index >= 15 is 0 Å². The maximum Gasteiger partial charge on any atom is 0.342 e. The fraction of sp³-hybridized carbons (Fsp3) is 0.692. The summed E-state index contributed by atoms with van der Waals surface area (Å²) in [6, 6.07) is 0.592. The molecule has 2 bridgehead atoms. The van der Waals surface area contributed by atoms with Crippen LogP contribution in [0.15, 0.2) is 17.3 Å². The van der Waals surface area contributed by atoms with Gasteiger partial charge in [0.15, 0.2) is 0 Å². The Labute approximate surface area is 117 Å². The Hall–Kier alpha value is -1.01. The third kappa shape index (κ3) is 2.39. The molecule has 0 aliphatic carbocycles. The molecule has 3 aliphatic rings. The largest absolute Gasteiger partial charge is 0.342 e. The fourth-order valence-corrected chi connectivity index (χ4v) is 3.63. The number of carbonyl (C=O) groups excluding carboxylic acids is 1. The normalized spacial score (nSPS) is 33.4. The first-order chi connectivity index (χ1) is 9.19. The Morgan fingerprint density at radius 2 is 2.21 bits per heavy atom. The van der Waals surface area contributed by atoms with Crippen LogP contribution < -0.4 is 5.32 Å². The van der Waals surface area contributed by atoms with E-state index in [2.05, 4.69) is 22.2 Å². The Bertz CT molecular complexity index is 465. The standard InChI is InChI=1S/C13H20N4OS/c1-9-12(10-3-5-16(9)6-4-10)15-13(18)17-8-11(19-2)7-14-17/h7-10,12H,3-6H2,1-2H3,(H,15,18)/t9-,12+/m1/s1. The van der Waals surface area contributed by atoms with Crippen LogP contribution in [0, 0.1) is 5.92 Å². The van der Waals surface area contributed by atoms with Crippen molar-refractivity contribution in [3.05, 3.63) is 12.4 Å². The van der Waals surface area contributed by atoms with Crippen LogP contribution >= 0.6 is 11.8 Å². The van der Waals surface area contributed by atoms with Crippen LogP contribution in [0.1, 0.15) is 19.8 Å². The van der Waals surface area contributed by atoms with E-state index in [1.807, 2.05) is 6.26 Å². The van der Waals surface area contributed by atoms with Crippen molar-refractivity contribution in [3.8, 4) is 0 Å². The van der Waals surface area contributed by atoms with E-state index in [0.717, 1.165) is 4.90 Å². The summed E-state index contributed by atoms with van der Waals surface area (Å²) in [6.45, 7) is 4.57. The minimum atomic E-state index is -0.106. The molecule has 104 valence electrons. The summed E-state index contributed by atoms with van der Waals surface area (Å²) in [5, 5.41) is 7.27. The fourth-order valence-electron chi connectivity index (χ4n) is 3.28. The van der Waals surface area contributed by atoms with Gasteiger partial charge in [-0.05, 0) is 45.0 Å². The zero-order valence-electron chi connectivity index (χ0n) is 11.4. The molecule has 3 fully saturated rings. The van der Waals surface area contributed by atoms with Gasteiger partial charge in [-0.2, -0.15) is 9.78 Å². The zero-order chi connectivity index (χ0) is 13.4. The van der Waals surface area contributed by atoms with Crippen molar-refractivity contribution in [2.24, 2.45) is 5.92 Å². The van der Waals surface area contributed by atoms with E-state index in [1.54, 1.807) is 24.2 Å². The van der Waals surface area contributed by atoms with Crippen LogP contribution in [0.4, 0.5) is 4.79 Å². The van der Waals surface area contributed by atoms with Crippen molar-refractivity contribution in [2.45, 2.75) is 36.7 Å². The smallest absolute Gasteiger partial charge is 0.332 e. The summed E-state index contributed by atoms with van der Waals surface area (Å²) >= 11 is 1.59. The Morgan fingerprint density at radius 1 is 1.47 bits per heavy atom. The van der Waals surface area contributed by atoms with Crippen molar-refractivity contribution in [1.82, 2.24) is 20.0 Å². The number of hydrogen-bond acceptors (Lipinski definition) is 4. The molecule has 3 saturated heterocycles. The molecule has 1 aromatic rings. The van der Waals surface area contributed by atoms with E-state index in [1.165, 1.54) is 30.6 Å². The van der Waals surface area contributed by atoms with Crippen molar-refractivity contribution in [3.63, 3.8) is 0 Å². The quantitative estimate of drug-likeness (QED) is 0.837. The highest BCUT2D eigenvalue weighted by atomic mass is 32.2. The molecule has 2 atom stereocenters. The molecular weight excluding hydrogens is 260 g/mol. The molecule has 0 aromatic carbocycles. The van der Waals surface area contributed by atoms with E-state index in [0.29, 0.717) is 12.0 Å². The number of aromatic nitrogens is 2. The highest BCUT2D eigenvalue weighted by Gasteiger charge is 2.40. The van der Waals surface area contributed by atoms with Gasteiger partial charge in [-0.1, -0.05) is 0 Å². The van der Waals surface area contributed by atoms with Crippen LogP contribution in [0.2, 0.25) is 0 Å². The third-order valence-corrected chi connectivity index (χ3v) is 5.15. The molecule has 0 unspecified atom stereocenters. The summed E-state index contributed by atoms with van der Waals surface area (Å²) < 4.78 is 1.41. The lowest BCUT2D eigenvalue weighted by Gasteiger charge is -2.49. The lowest BCUT2D eigenvalue weighted by atomic mass is 9.79. The number of amides is 1. The van der Waals surface area contributed by atoms with Crippen LogP contribution in [0.25, 0.3) is 0 Å². The van der Waals surface area contributed by atoms with Gasteiger partial charge in [0.2, 0.25) is 0 Å². The molecule has 5 nitrogen and oxygen atoms in total. The van der Waals surface area contributed by atoms with Crippen molar-refractivity contribution < 1.29 is 4.79 Å². The van der Waals surface area contributed by atoms with E-state index < -0.39 is 0 Å². The first-order valence-corrected chi connectivity index (χ1v) is 8.05. The predicted octanol–water partition coefficient (Wildman–Crippen LogP) is 1.65. The van der Waals surface area contributed by atoms with Gasteiger partial charge in [-0.15, -0.1) is 11.8 Å². The van der Waals surface area contributed by atoms with Crippen LogP contribution in [-0.4, -0.2) is 52.1 Å². The molecule has 1 N–H and O–H groups in total. The van der Waals surface area contributed by atoms with Gasteiger partial charge in [0.05, 0.1) is 6.20 Å². The highest BCUT2D eigenvalue weighted by Crippen LogP contribution is 2.32. The summed E-state index contributed by atoms with van der Waals surface area (Å²) in [4.78, 5) is 15.7. The van der Waals surface area contributed by atoms with E-state index in [-0.39, 0.29) is 12.1 Å². The summed E-state index contributed by atoms with van der Waals surface area (Å²) in [6.07, 6.45) is 7.89. The van der Waals surface area contributed by atoms with Gasteiger partial charge >= 0.3 is 6.03 Å². The molecule has 4 heterocycles. The molecule has 6 heteroatoms. The third-order valence-electron chi connectivity index (χ3n) is 4.47. The number of hydrogen-bond donors (Lipinski definition) is 1. The second-order valence-electron chi connectivity index (χ2n) is 5.41. The van der Waals surface area contributed by atoms with Crippen LogP contribution in [0.3, 0.4) is 0 Å². The maximum absolute atomic E-state index is 12.2. The molecule has 0 radical (unpaired) electrons. The zero-order valence-corrected chi connectivity index (χ0v) is 12.2. The molecule has 0 spiro atoms. The molecule has 3 aliphatic heterocycles. The minimum Gasteiger partial charge on any atom is -0.332 e. The number of fused-ring (bicyclic) bond motifs is 3. The van der Waals surface area contributed by atoms with Crippen LogP contribution in [0.5, 0.6) is 0 Å². The van der Waals surface area contributed by atoms with E-state index in [9.17, 15) is 4.79 Å². The predicted molar refractivity (Wildman–Crippen MR) is 75.5 cm³/mol. The van der Waals surface area contributed by atoms with Crippen molar-refractivity contribution in [1.29, 1.82) is 0 Å². The van der Waals surface area contributed by atoms with Gasteiger partial charge in [0.25, 0.3) is 0 Å². The number of rotatable bonds is 2. The number of piperidine rings is 3.